The Labute approximate surface area is 219 Å². The molecular weight excluding hydrogens is 488 g/mol. The minimum Gasteiger partial charge on any atom is -0.495 e. The van der Waals surface area contributed by atoms with Gasteiger partial charge in [0.15, 0.2) is 0 Å². The van der Waals surface area contributed by atoms with Gasteiger partial charge in [-0.2, -0.15) is 0 Å². The summed E-state index contributed by atoms with van der Waals surface area (Å²) in [7, 11) is 2.81. The summed E-state index contributed by atoms with van der Waals surface area (Å²) in [6.07, 6.45) is 1.58. The Morgan fingerprint density at radius 2 is 1.76 bits per heavy atom. The first kappa shape index (κ1) is 26.2. The summed E-state index contributed by atoms with van der Waals surface area (Å²) in [6, 6.07) is 13.3. The van der Waals surface area contributed by atoms with Gasteiger partial charge in [0.1, 0.15) is 18.0 Å². The zero-order chi connectivity index (χ0) is 27.6. The third kappa shape index (κ3) is 5.01. The van der Waals surface area contributed by atoms with Crippen LogP contribution in [0.3, 0.4) is 0 Å². The third-order valence-corrected chi connectivity index (χ3v) is 6.29. The molecule has 1 aliphatic rings. The average Bonchev–Trinajstić information content (AvgIpc) is 3.32. The normalized spacial score (nSPS) is 14.0. The lowest BCUT2D eigenvalue weighted by molar-refractivity contribution is -0.127. The number of methoxy groups -OCH3 is 2. The van der Waals surface area contributed by atoms with Crippen LogP contribution in [0.1, 0.15) is 32.9 Å². The smallest absolute Gasteiger partial charge is 0.337 e. The molecule has 0 radical (unpaired) electrons. The minimum absolute atomic E-state index is 0.0559. The quantitative estimate of drug-likeness (QED) is 0.281. The van der Waals surface area contributed by atoms with Crippen LogP contribution in [-0.2, 0) is 14.3 Å². The molecule has 2 heterocycles. The van der Waals surface area contributed by atoms with Gasteiger partial charge in [0.25, 0.3) is 5.91 Å². The Kier molecular flexibility index (Phi) is 7.33. The molecule has 3 aromatic rings. The molecule has 2 aromatic carbocycles. The number of rotatable bonds is 7. The lowest BCUT2D eigenvalue weighted by Crippen LogP contribution is -2.38. The summed E-state index contributed by atoms with van der Waals surface area (Å²) in [5, 5.41) is 5.22. The van der Waals surface area contributed by atoms with E-state index < -0.39 is 30.4 Å². The van der Waals surface area contributed by atoms with Crippen LogP contribution in [0, 0.1) is 20.8 Å². The number of para-hydroxylation sites is 2. The Morgan fingerprint density at radius 3 is 2.47 bits per heavy atom. The zero-order valence-electron chi connectivity index (χ0n) is 21.7. The van der Waals surface area contributed by atoms with E-state index in [0.717, 1.165) is 27.5 Å². The first-order chi connectivity index (χ1) is 18.1. The number of esters is 1. The number of hydrogen-bond donors (Lipinski definition) is 2. The molecule has 0 bridgehead atoms. The summed E-state index contributed by atoms with van der Waals surface area (Å²) < 4.78 is 12.0. The highest BCUT2D eigenvalue weighted by molar-refractivity contribution is 6.16. The van der Waals surface area contributed by atoms with E-state index in [1.54, 1.807) is 42.5 Å². The summed E-state index contributed by atoms with van der Waals surface area (Å²) in [5.41, 5.74) is 5.01. The Balaban J connectivity index is 1.57. The molecule has 1 aromatic heterocycles. The van der Waals surface area contributed by atoms with Gasteiger partial charge in [0.2, 0.25) is 5.91 Å². The number of hydrogen-bond acceptors (Lipinski definition) is 6. The molecule has 0 atom stereocenters. The number of carbonyl (C=O) groups excluding carboxylic acids is 4. The third-order valence-electron chi connectivity index (χ3n) is 6.29. The second-order valence-electron chi connectivity index (χ2n) is 8.78. The number of aromatic nitrogens is 1. The minimum atomic E-state index is -0.688. The number of nitrogens with zero attached hydrogens (tertiary/aromatic N) is 2. The van der Waals surface area contributed by atoms with Crippen LogP contribution in [-0.4, -0.2) is 54.0 Å². The topological polar surface area (TPSA) is 119 Å². The Bertz CT molecular complexity index is 1490. The first-order valence-electron chi connectivity index (χ1n) is 11.8. The molecule has 1 saturated heterocycles. The van der Waals surface area contributed by atoms with Gasteiger partial charge in [0, 0.05) is 17.1 Å². The number of imide groups is 1. The van der Waals surface area contributed by atoms with Crippen LogP contribution >= 0.6 is 0 Å². The highest BCUT2D eigenvalue weighted by atomic mass is 16.5. The predicted octanol–water partition coefficient (Wildman–Crippen LogP) is 3.73. The average molecular weight is 517 g/mol. The second kappa shape index (κ2) is 10.6. The van der Waals surface area contributed by atoms with Gasteiger partial charge in [-0.1, -0.05) is 18.2 Å². The molecule has 1 fully saturated rings. The van der Waals surface area contributed by atoms with Gasteiger partial charge in [-0.05, 0) is 68.3 Å². The van der Waals surface area contributed by atoms with Crippen LogP contribution in [0.25, 0.3) is 11.8 Å². The van der Waals surface area contributed by atoms with Crippen LogP contribution in [0.5, 0.6) is 5.75 Å². The molecule has 38 heavy (non-hydrogen) atoms. The van der Waals surface area contributed by atoms with E-state index in [9.17, 15) is 19.2 Å². The number of anilines is 1. The van der Waals surface area contributed by atoms with Crippen molar-refractivity contribution in [1.82, 2.24) is 14.8 Å². The number of urea groups is 1. The van der Waals surface area contributed by atoms with Gasteiger partial charge < -0.3 is 24.7 Å². The number of nitrogens with one attached hydrogen (secondary N) is 2. The fourth-order valence-corrected chi connectivity index (χ4v) is 4.35. The number of amides is 4. The molecule has 2 N–H and O–H groups in total. The van der Waals surface area contributed by atoms with Crippen LogP contribution in [0.15, 0.2) is 54.2 Å². The van der Waals surface area contributed by atoms with E-state index in [0.29, 0.717) is 22.6 Å². The maximum atomic E-state index is 13.0. The molecule has 0 aliphatic carbocycles. The summed E-state index contributed by atoms with van der Waals surface area (Å²) in [4.78, 5) is 51.1. The highest BCUT2D eigenvalue weighted by Gasteiger charge is 2.35. The highest BCUT2D eigenvalue weighted by Crippen LogP contribution is 2.27. The summed E-state index contributed by atoms with van der Waals surface area (Å²) in [5.74, 6) is -1.14. The molecular formula is C28H28N4O6. The SMILES string of the molecule is COC(=O)c1ccc(C)c(-n2c(C)cc(/C=C3/NC(=O)N(CC(=O)Nc4ccccc4OC)C3=O)c2C)c1. The van der Waals surface area contributed by atoms with Crippen molar-refractivity contribution in [3.63, 3.8) is 0 Å². The van der Waals surface area contributed by atoms with E-state index in [4.69, 9.17) is 9.47 Å². The van der Waals surface area contributed by atoms with E-state index >= 15 is 0 Å². The van der Waals surface area contributed by atoms with Crippen LogP contribution in [0.2, 0.25) is 0 Å². The maximum Gasteiger partial charge on any atom is 0.337 e. The summed E-state index contributed by atoms with van der Waals surface area (Å²) in [6.45, 7) is 5.26. The van der Waals surface area contributed by atoms with Crippen molar-refractivity contribution in [2.24, 2.45) is 0 Å². The van der Waals surface area contributed by atoms with Gasteiger partial charge in [-0.15, -0.1) is 0 Å². The van der Waals surface area contributed by atoms with Gasteiger partial charge in [-0.3, -0.25) is 9.59 Å². The van der Waals surface area contributed by atoms with E-state index in [2.05, 4.69) is 10.6 Å². The monoisotopic (exact) mass is 516 g/mol. The van der Waals surface area contributed by atoms with Crippen molar-refractivity contribution in [3.8, 4) is 11.4 Å². The van der Waals surface area contributed by atoms with Gasteiger partial charge >= 0.3 is 12.0 Å². The van der Waals surface area contributed by atoms with Crippen molar-refractivity contribution in [3.05, 3.63) is 82.3 Å². The standard InChI is InChI=1S/C28H28N4O6/c1-16-10-11-19(27(35)38-5)14-23(16)32-17(2)12-20(18(32)3)13-22-26(34)31(28(36)30-22)15-25(33)29-21-8-6-7-9-24(21)37-4/h6-14H,15H2,1-5H3,(H,29,33)(H,30,36)/b22-13+. The molecule has 10 nitrogen and oxygen atoms in total. The van der Waals surface area contributed by atoms with Crippen molar-refractivity contribution < 1.29 is 28.7 Å². The van der Waals surface area contributed by atoms with E-state index in [1.807, 2.05) is 37.5 Å². The van der Waals surface area contributed by atoms with Gasteiger partial charge in [0.05, 0.1) is 25.5 Å². The lowest BCUT2D eigenvalue weighted by Gasteiger charge is -2.14. The van der Waals surface area contributed by atoms with Crippen molar-refractivity contribution in [2.45, 2.75) is 20.8 Å². The molecule has 4 amide bonds. The number of carbonyl (C=O) groups is 4. The fraction of sp³-hybridized carbons (Fsp3) is 0.214. The Morgan fingerprint density at radius 1 is 1.03 bits per heavy atom. The Hall–Kier alpha value is -4.86. The largest absolute Gasteiger partial charge is 0.495 e. The van der Waals surface area contributed by atoms with Gasteiger partial charge in [-0.25, -0.2) is 14.5 Å². The molecule has 196 valence electrons. The van der Waals surface area contributed by atoms with Crippen molar-refractivity contribution >= 4 is 35.6 Å². The summed E-state index contributed by atoms with van der Waals surface area (Å²) >= 11 is 0. The number of ether oxygens (including phenoxy) is 2. The molecule has 0 unspecified atom stereocenters. The van der Waals surface area contributed by atoms with Crippen molar-refractivity contribution in [2.75, 3.05) is 26.1 Å². The van der Waals surface area contributed by atoms with Crippen molar-refractivity contribution in [1.29, 1.82) is 0 Å². The first-order valence-corrected chi connectivity index (χ1v) is 11.8. The second-order valence-corrected chi connectivity index (χ2v) is 8.78. The molecule has 10 heteroatoms. The van der Waals surface area contributed by atoms with E-state index in [-0.39, 0.29) is 5.70 Å². The van der Waals surface area contributed by atoms with Crippen LogP contribution in [0.4, 0.5) is 10.5 Å². The molecule has 4 rings (SSSR count). The number of aryl methyl sites for hydroxylation is 2. The molecule has 1 aliphatic heterocycles. The molecule has 0 spiro atoms. The zero-order valence-corrected chi connectivity index (χ0v) is 21.7. The predicted molar refractivity (Wildman–Crippen MR) is 141 cm³/mol. The molecule has 0 saturated carbocycles. The fourth-order valence-electron chi connectivity index (χ4n) is 4.35. The van der Waals surface area contributed by atoms with Crippen LogP contribution < -0.4 is 15.4 Å². The maximum absolute atomic E-state index is 13.0. The van der Waals surface area contributed by atoms with E-state index in [1.165, 1.54) is 14.2 Å². The number of benzene rings is 2. The lowest BCUT2D eigenvalue weighted by atomic mass is 10.1.